The Hall–Kier alpha value is -3.90. The van der Waals surface area contributed by atoms with E-state index in [-0.39, 0.29) is 5.92 Å². The van der Waals surface area contributed by atoms with E-state index >= 15 is 0 Å². The maximum atomic E-state index is 5.40. The summed E-state index contributed by atoms with van der Waals surface area (Å²) < 4.78 is 5.40. The minimum atomic E-state index is 0.276. The van der Waals surface area contributed by atoms with Crippen molar-refractivity contribution >= 4 is 11.0 Å². The molecule has 5 aromatic rings. The van der Waals surface area contributed by atoms with Crippen molar-refractivity contribution in [2.75, 3.05) is 20.2 Å². The van der Waals surface area contributed by atoms with E-state index in [0.717, 1.165) is 59.1 Å². The molecule has 2 N–H and O–H groups in total. The van der Waals surface area contributed by atoms with E-state index in [1.807, 2.05) is 13.1 Å². The van der Waals surface area contributed by atoms with Crippen molar-refractivity contribution in [2.24, 2.45) is 0 Å². The number of fused-ring (bicyclic) bond motifs is 1. The number of hydrogen-bond donors (Lipinski definition) is 2. The molecule has 0 saturated carbocycles. The molecule has 0 spiro atoms. The van der Waals surface area contributed by atoms with Crippen molar-refractivity contribution in [3.63, 3.8) is 0 Å². The summed E-state index contributed by atoms with van der Waals surface area (Å²) in [6.07, 6.45) is 1.88. The third-order valence-corrected chi connectivity index (χ3v) is 7.18. The van der Waals surface area contributed by atoms with Gasteiger partial charge in [-0.2, -0.15) is 5.10 Å². The standard InChI is InChI=1S/C29H29N5O/c1-19-24(15-30-33-19)22-10-13-27-28(14-22)32-29(31-27)26-18-34(16-20-6-4-3-5-7-20)17-25(26)21-8-11-23(35-2)12-9-21/h3-15,25-26H,16-18H2,1-2H3,(H,30,33)(H,31,32)/t25-,26?/m0/s1. The summed E-state index contributed by atoms with van der Waals surface area (Å²) in [6.45, 7) is 4.93. The number of ether oxygens (including phenoxy) is 1. The van der Waals surface area contributed by atoms with Crippen LogP contribution < -0.4 is 4.74 Å². The number of aromatic nitrogens is 4. The van der Waals surface area contributed by atoms with Crippen molar-refractivity contribution in [2.45, 2.75) is 25.3 Å². The number of benzene rings is 3. The molecule has 1 saturated heterocycles. The lowest BCUT2D eigenvalue weighted by molar-refractivity contribution is 0.323. The van der Waals surface area contributed by atoms with Crippen LogP contribution in [0.1, 0.15) is 34.5 Å². The zero-order chi connectivity index (χ0) is 23.8. The first-order valence-corrected chi connectivity index (χ1v) is 12.1. The normalized spacial score (nSPS) is 18.3. The second kappa shape index (κ2) is 9.04. The molecule has 6 rings (SSSR count). The zero-order valence-corrected chi connectivity index (χ0v) is 20.0. The highest BCUT2D eigenvalue weighted by Gasteiger charge is 2.36. The van der Waals surface area contributed by atoms with Crippen molar-refractivity contribution in [1.82, 2.24) is 25.1 Å². The van der Waals surface area contributed by atoms with Crippen molar-refractivity contribution < 1.29 is 4.74 Å². The first kappa shape index (κ1) is 21.6. The van der Waals surface area contributed by atoms with E-state index < -0.39 is 0 Å². The molecule has 1 aliphatic heterocycles. The molecule has 0 amide bonds. The third kappa shape index (κ3) is 4.21. The molecule has 1 fully saturated rings. The first-order valence-electron chi connectivity index (χ1n) is 12.1. The average Bonchev–Trinajstić information content (AvgIpc) is 3.62. The lowest BCUT2D eigenvalue weighted by atomic mass is 9.88. The van der Waals surface area contributed by atoms with Crippen LogP contribution in [0.4, 0.5) is 0 Å². The molecule has 6 nitrogen and oxygen atoms in total. The van der Waals surface area contributed by atoms with Crippen LogP contribution in [0, 0.1) is 6.92 Å². The number of imidazole rings is 1. The third-order valence-electron chi connectivity index (χ3n) is 7.18. The summed E-state index contributed by atoms with van der Waals surface area (Å²) in [7, 11) is 1.71. The Kier molecular flexibility index (Phi) is 5.58. The average molecular weight is 464 g/mol. The van der Waals surface area contributed by atoms with Crippen LogP contribution in [0.2, 0.25) is 0 Å². The van der Waals surface area contributed by atoms with Crippen molar-refractivity contribution in [3.05, 3.63) is 102 Å². The molecule has 0 bridgehead atoms. The van der Waals surface area contributed by atoms with Gasteiger partial charge in [0.1, 0.15) is 11.6 Å². The van der Waals surface area contributed by atoms with E-state index in [9.17, 15) is 0 Å². The minimum absolute atomic E-state index is 0.276. The quantitative estimate of drug-likeness (QED) is 0.341. The smallest absolute Gasteiger partial charge is 0.118 e. The molecule has 1 unspecified atom stereocenters. The van der Waals surface area contributed by atoms with Crippen LogP contribution in [-0.4, -0.2) is 45.3 Å². The highest BCUT2D eigenvalue weighted by atomic mass is 16.5. The summed E-state index contributed by atoms with van der Waals surface area (Å²) in [6, 6.07) is 25.6. The summed E-state index contributed by atoms with van der Waals surface area (Å²) in [5, 5.41) is 7.21. The number of rotatable bonds is 6. The molecular formula is C29H29N5O. The molecule has 35 heavy (non-hydrogen) atoms. The van der Waals surface area contributed by atoms with Gasteiger partial charge >= 0.3 is 0 Å². The first-order chi connectivity index (χ1) is 17.2. The second-order valence-electron chi connectivity index (χ2n) is 9.43. The van der Waals surface area contributed by atoms with Gasteiger partial charge in [-0.25, -0.2) is 4.98 Å². The fraction of sp³-hybridized carbons (Fsp3) is 0.241. The fourth-order valence-corrected chi connectivity index (χ4v) is 5.34. The van der Waals surface area contributed by atoms with Crippen molar-refractivity contribution in [3.8, 4) is 16.9 Å². The number of methoxy groups -OCH3 is 1. The highest BCUT2D eigenvalue weighted by molar-refractivity contribution is 5.82. The molecule has 6 heteroatoms. The van der Waals surface area contributed by atoms with Gasteiger partial charge in [-0.3, -0.25) is 10.00 Å². The minimum Gasteiger partial charge on any atom is -0.497 e. The van der Waals surface area contributed by atoms with Gasteiger partial charge in [-0.05, 0) is 47.9 Å². The Morgan fingerprint density at radius 2 is 1.77 bits per heavy atom. The lowest BCUT2D eigenvalue weighted by Gasteiger charge is -2.17. The van der Waals surface area contributed by atoms with E-state index in [1.54, 1.807) is 7.11 Å². The van der Waals surface area contributed by atoms with E-state index in [1.165, 1.54) is 11.1 Å². The van der Waals surface area contributed by atoms with Gasteiger partial charge in [-0.1, -0.05) is 48.5 Å². The van der Waals surface area contributed by atoms with Crippen LogP contribution in [0.3, 0.4) is 0 Å². The fourth-order valence-electron chi connectivity index (χ4n) is 5.34. The van der Waals surface area contributed by atoms with Crippen molar-refractivity contribution in [1.29, 1.82) is 0 Å². The van der Waals surface area contributed by atoms with Gasteiger partial charge in [0.2, 0.25) is 0 Å². The summed E-state index contributed by atoms with van der Waals surface area (Å²) in [4.78, 5) is 11.3. The molecule has 3 heterocycles. The SMILES string of the molecule is COc1ccc([C@@H]2CN(Cc3ccccc3)CC2c2nc3ccc(-c4cn[nH]c4C)cc3[nH]2)cc1. The Labute approximate surface area is 205 Å². The van der Waals surface area contributed by atoms with Crippen LogP contribution in [0.15, 0.2) is 79.0 Å². The van der Waals surface area contributed by atoms with Gasteiger partial charge < -0.3 is 9.72 Å². The predicted molar refractivity (Wildman–Crippen MR) is 139 cm³/mol. The number of nitrogens with zero attached hydrogens (tertiary/aromatic N) is 3. The van der Waals surface area contributed by atoms with Gasteiger partial charge in [0.25, 0.3) is 0 Å². The zero-order valence-electron chi connectivity index (χ0n) is 20.0. The Balaban J connectivity index is 1.34. The van der Waals surface area contributed by atoms with Gasteiger partial charge in [0.05, 0.1) is 24.3 Å². The van der Waals surface area contributed by atoms with Gasteiger partial charge in [0, 0.05) is 42.7 Å². The van der Waals surface area contributed by atoms with Gasteiger partial charge in [0.15, 0.2) is 0 Å². The van der Waals surface area contributed by atoms with Crippen LogP contribution >= 0.6 is 0 Å². The monoisotopic (exact) mass is 463 g/mol. The molecule has 1 aliphatic rings. The molecule has 176 valence electrons. The summed E-state index contributed by atoms with van der Waals surface area (Å²) in [5.41, 5.74) is 8.05. The number of aryl methyl sites for hydroxylation is 1. The van der Waals surface area contributed by atoms with E-state index in [4.69, 9.17) is 9.72 Å². The molecule has 2 aromatic heterocycles. The summed E-state index contributed by atoms with van der Waals surface area (Å²) in [5.74, 6) is 2.56. The predicted octanol–water partition coefficient (Wildman–Crippen LogP) is 5.65. The number of nitrogens with one attached hydrogen (secondary N) is 2. The van der Waals surface area contributed by atoms with Crippen LogP contribution in [-0.2, 0) is 6.54 Å². The number of H-pyrrole nitrogens is 2. The van der Waals surface area contributed by atoms with Gasteiger partial charge in [-0.15, -0.1) is 0 Å². The highest BCUT2D eigenvalue weighted by Crippen LogP contribution is 2.40. The maximum Gasteiger partial charge on any atom is 0.118 e. The number of aromatic amines is 2. The molecule has 2 atom stereocenters. The summed E-state index contributed by atoms with van der Waals surface area (Å²) >= 11 is 0. The Morgan fingerprint density at radius 3 is 2.51 bits per heavy atom. The molecule has 3 aromatic carbocycles. The second-order valence-corrected chi connectivity index (χ2v) is 9.43. The maximum absolute atomic E-state index is 5.40. The lowest BCUT2D eigenvalue weighted by Crippen LogP contribution is -2.20. The molecule has 0 radical (unpaired) electrons. The van der Waals surface area contributed by atoms with E-state index in [2.05, 4.69) is 92.9 Å². The number of likely N-dealkylation sites (tertiary alicyclic amines) is 1. The largest absolute Gasteiger partial charge is 0.497 e. The number of hydrogen-bond acceptors (Lipinski definition) is 4. The topological polar surface area (TPSA) is 69.8 Å². The van der Waals surface area contributed by atoms with E-state index in [0.29, 0.717) is 5.92 Å². The Bertz CT molecular complexity index is 1440. The van der Waals surface area contributed by atoms with Crippen LogP contribution in [0.5, 0.6) is 5.75 Å². The molecule has 0 aliphatic carbocycles. The Morgan fingerprint density at radius 1 is 0.971 bits per heavy atom. The van der Waals surface area contributed by atoms with Crippen LogP contribution in [0.25, 0.3) is 22.2 Å². The molecular weight excluding hydrogens is 434 g/mol.